The molecule has 4 rings (SSSR count). The molecule has 0 saturated carbocycles. The van der Waals surface area contributed by atoms with Crippen LogP contribution in [-0.4, -0.2) is 32.3 Å². The Balaban J connectivity index is 1.36. The van der Waals surface area contributed by atoms with Crippen molar-refractivity contribution < 1.29 is 13.2 Å². The monoisotopic (exact) mass is 394 g/mol. The number of sulfonamides is 1. The van der Waals surface area contributed by atoms with Crippen molar-refractivity contribution in [3.63, 3.8) is 0 Å². The molecule has 0 aromatic heterocycles. The van der Waals surface area contributed by atoms with Gasteiger partial charge in [-0.2, -0.15) is 0 Å². The second kappa shape index (κ2) is 7.73. The molecule has 0 atom stereocenters. The Kier molecular flexibility index (Phi) is 5.15. The van der Waals surface area contributed by atoms with Crippen molar-refractivity contribution in [3.8, 4) is 0 Å². The maximum atomic E-state index is 12.6. The van der Waals surface area contributed by atoms with Gasteiger partial charge in [0.25, 0.3) is 0 Å². The molecule has 0 fully saturated rings. The van der Waals surface area contributed by atoms with Gasteiger partial charge in [0.05, 0.1) is 4.90 Å². The standard InChI is InChI=1S/C22H22N2O3S/c25-22(24-14-12-18-6-2-4-8-20(18)16-24)11-13-23-28(26,27)21-10-9-17-5-1-3-7-19(17)15-21/h1-10,15,23H,11-14,16H2. The van der Waals surface area contributed by atoms with E-state index in [-0.39, 0.29) is 23.8 Å². The molecule has 1 aliphatic rings. The van der Waals surface area contributed by atoms with Gasteiger partial charge in [0, 0.05) is 26.1 Å². The second-order valence-corrected chi connectivity index (χ2v) is 8.76. The number of hydrogen-bond acceptors (Lipinski definition) is 3. The zero-order valence-electron chi connectivity index (χ0n) is 15.5. The van der Waals surface area contributed by atoms with E-state index in [2.05, 4.69) is 10.8 Å². The minimum Gasteiger partial charge on any atom is -0.338 e. The number of nitrogens with one attached hydrogen (secondary N) is 1. The maximum Gasteiger partial charge on any atom is 0.240 e. The van der Waals surface area contributed by atoms with E-state index in [0.29, 0.717) is 13.1 Å². The molecule has 1 aliphatic heterocycles. The number of benzene rings is 3. The SMILES string of the molecule is O=C(CCNS(=O)(=O)c1ccc2ccccc2c1)N1CCc2ccccc2C1. The van der Waals surface area contributed by atoms with E-state index >= 15 is 0 Å². The van der Waals surface area contributed by atoms with Gasteiger partial charge in [-0.25, -0.2) is 13.1 Å². The number of hydrogen-bond donors (Lipinski definition) is 1. The average molecular weight is 394 g/mol. The van der Waals surface area contributed by atoms with E-state index in [9.17, 15) is 13.2 Å². The lowest BCUT2D eigenvalue weighted by molar-refractivity contribution is -0.131. The van der Waals surface area contributed by atoms with Crippen LogP contribution >= 0.6 is 0 Å². The molecule has 3 aromatic rings. The van der Waals surface area contributed by atoms with E-state index in [1.165, 1.54) is 11.1 Å². The van der Waals surface area contributed by atoms with E-state index in [0.717, 1.165) is 17.2 Å². The Bertz CT molecular complexity index is 1130. The third-order valence-corrected chi connectivity index (χ3v) is 6.60. The van der Waals surface area contributed by atoms with Crippen molar-refractivity contribution in [1.29, 1.82) is 0 Å². The first-order chi connectivity index (χ1) is 13.5. The highest BCUT2D eigenvalue weighted by Gasteiger charge is 2.21. The van der Waals surface area contributed by atoms with Crippen LogP contribution in [0.1, 0.15) is 17.5 Å². The van der Waals surface area contributed by atoms with Crippen LogP contribution in [-0.2, 0) is 27.8 Å². The first kappa shape index (κ1) is 18.7. The fourth-order valence-electron chi connectivity index (χ4n) is 3.58. The Labute approximate surface area is 165 Å². The molecule has 6 heteroatoms. The predicted octanol–water partition coefficient (Wildman–Crippen LogP) is 3.09. The number of carbonyl (C=O) groups is 1. The molecule has 3 aromatic carbocycles. The summed E-state index contributed by atoms with van der Waals surface area (Å²) < 4.78 is 27.7. The number of carbonyl (C=O) groups excluding carboxylic acids is 1. The van der Waals surface area contributed by atoms with Gasteiger partial charge in [-0.1, -0.05) is 54.6 Å². The Morgan fingerprint density at radius 3 is 2.46 bits per heavy atom. The highest BCUT2D eigenvalue weighted by atomic mass is 32.2. The van der Waals surface area contributed by atoms with Crippen LogP contribution in [0.25, 0.3) is 10.8 Å². The summed E-state index contributed by atoms with van der Waals surface area (Å²) in [7, 11) is -3.65. The van der Waals surface area contributed by atoms with E-state index in [1.54, 1.807) is 23.1 Å². The molecule has 5 nitrogen and oxygen atoms in total. The van der Waals surface area contributed by atoms with Crippen molar-refractivity contribution >= 4 is 26.7 Å². The fourth-order valence-corrected chi connectivity index (χ4v) is 4.64. The van der Waals surface area contributed by atoms with Crippen LogP contribution in [0.2, 0.25) is 0 Å². The number of nitrogens with zero attached hydrogens (tertiary/aromatic N) is 1. The van der Waals surface area contributed by atoms with Gasteiger partial charge in [-0.3, -0.25) is 4.79 Å². The largest absolute Gasteiger partial charge is 0.338 e. The lowest BCUT2D eigenvalue weighted by Crippen LogP contribution is -2.38. The Morgan fingerprint density at radius 1 is 0.929 bits per heavy atom. The van der Waals surface area contributed by atoms with Crippen LogP contribution in [0, 0.1) is 0 Å². The summed E-state index contributed by atoms with van der Waals surface area (Å²) in [6.07, 6.45) is 0.986. The number of amides is 1. The molecule has 0 unspecified atom stereocenters. The highest BCUT2D eigenvalue weighted by molar-refractivity contribution is 7.89. The third kappa shape index (κ3) is 3.93. The average Bonchev–Trinajstić information content (AvgIpc) is 2.72. The highest BCUT2D eigenvalue weighted by Crippen LogP contribution is 2.20. The van der Waals surface area contributed by atoms with Crippen molar-refractivity contribution in [2.45, 2.75) is 24.3 Å². The first-order valence-corrected chi connectivity index (χ1v) is 10.8. The summed E-state index contributed by atoms with van der Waals surface area (Å²) in [5, 5.41) is 1.86. The van der Waals surface area contributed by atoms with Crippen LogP contribution < -0.4 is 4.72 Å². The van der Waals surface area contributed by atoms with E-state index < -0.39 is 10.0 Å². The minimum atomic E-state index is -3.65. The van der Waals surface area contributed by atoms with E-state index in [1.807, 2.05) is 42.5 Å². The van der Waals surface area contributed by atoms with Gasteiger partial charge in [0.15, 0.2) is 0 Å². The summed E-state index contributed by atoms with van der Waals surface area (Å²) in [5.41, 5.74) is 2.45. The van der Waals surface area contributed by atoms with Gasteiger partial charge in [0.2, 0.25) is 15.9 Å². The van der Waals surface area contributed by atoms with Crippen LogP contribution in [0.5, 0.6) is 0 Å². The zero-order chi connectivity index (χ0) is 19.6. The van der Waals surface area contributed by atoms with Crippen molar-refractivity contribution in [2.75, 3.05) is 13.1 Å². The molecule has 0 spiro atoms. The second-order valence-electron chi connectivity index (χ2n) is 6.99. The molecule has 0 bridgehead atoms. The first-order valence-electron chi connectivity index (χ1n) is 9.36. The Morgan fingerprint density at radius 2 is 1.64 bits per heavy atom. The quantitative estimate of drug-likeness (QED) is 0.723. The topological polar surface area (TPSA) is 66.5 Å². The van der Waals surface area contributed by atoms with Gasteiger partial charge in [-0.15, -0.1) is 0 Å². The zero-order valence-corrected chi connectivity index (χ0v) is 16.3. The van der Waals surface area contributed by atoms with Crippen LogP contribution in [0.3, 0.4) is 0 Å². The molecule has 1 amide bonds. The lowest BCUT2D eigenvalue weighted by Gasteiger charge is -2.29. The van der Waals surface area contributed by atoms with Crippen molar-refractivity contribution in [2.24, 2.45) is 0 Å². The third-order valence-electron chi connectivity index (χ3n) is 5.15. The van der Waals surface area contributed by atoms with Crippen LogP contribution in [0.15, 0.2) is 71.6 Å². The molecule has 1 heterocycles. The van der Waals surface area contributed by atoms with Gasteiger partial charge >= 0.3 is 0 Å². The molecule has 1 N–H and O–H groups in total. The van der Waals surface area contributed by atoms with Gasteiger partial charge in [-0.05, 0) is 40.5 Å². The minimum absolute atomic E-state index is 0.0317. The van der Waals surface area contributed by atoms with Crippen molar-refractivity contribution in [1.82, 2.24) is 9.62 Å². The number of rotatable bonds is 5. The molecule has 0 radical (unpaired) electrons. The molecular formula is C22H22N2O3S. The van der Waals surface area contributed by atoms with Crippen LogP contribution in [0.4, 0.5) is 0 Å². The smallest absolute Gasteiger partial charge is 0.240 e. The summed E-state index contributed by atoms with van der Waals surface area (Å²) in [4.78, 5) is 14.5. The van der Waals surface area contributed by atoms with Gasteiger partial charge < -0.3 is 4.90 Å². The molecule has 0 aliphatic carbocycles. The fraction of sp³-hybridized carbons (Fsp3) is 0.227. The normalized spacial score (nSPS) is 14.1. The molecule has 0 saturated heterocycles. The summed E-state index contributed by atoms with van der Waals surface area (Å²) in [6.45, 7) is 1.35. The molecule has 144 valence electrons. The summed E-state index contributed by atoms with van der Waals surface area (Å²) >= 11 is 0. The van der Waals surface area contributed by atoms with Gasteiger partial charge in [0.1, 0.15) is 0 Å². The maximum absolute atomic E-state index is 12.6. The lowest BCUT2D eigenvalue weighted by atomic mass is 10.00. The predicted molar refractivity (Wildman–Crippen MR) is 109 cm³/mol. The number of fused-ring (bicyclic) bond motifs is 2. The summed E-state index contributed by atoms with van der Waals surface area (Å²) in [6, 6.07) is 20.8. The Hall–Kier alpha value is -2.70. The van der Waals surface area contributed by atoms with Crippen molar-refractivity contribution in [3.05, 3.63) is 77.9 Å². The summed E-state index contributed by atoms with van der Waals surface area (Å²) in [5.74, 6) is -0.0317. The molecule has 28 heavy (non-hydrogen) atoms. The van der Waals surface area contributed by atoms with E-state index in [4.69, 9.17) is 0 Å². The molecular weight excluding hydrogens is 372 g/mol.